The van der Waals surface area contributed by atoms with Gasteiger partial charge in [0.25, 0.3) is 5.91 Å². The van der Waals surface area contributed by atoms with E-state index in [0.717, 1.165) is 4.47 Å². The first-order valence-electron chi connectivity index (χ1n) is 8.94. The largest absolute Gasteiger partial charge is 0.504 e. The number of hydrogen-bond acceptors (Lipinski definition) is 4. The van der Waals surface area contributed by atoms with Gasteiger partial charge in [-0.2, -0.15) is 0 Å². The smallest absolute Gasteiger partial charge is 0.257 e. The summed E-state index contributed by atoms with van der Waals surface area (Å²) in [6, 6.07) is 15.6. The average molecular weight is 553 g/mol. The number of phenolic OH excluding ortho intramolecular Hbond substituents is 1. The molecule has 0 saturated carbocycles. The molecule has 1 amide bonds. The normalized spacial score (nSPS) is 10.9. The number of phenols is 1. The molecule has 30 heavy (non-hydrogen) atoms. The number of hydrogen-bond donors (Lipinski definition) is 2. The number of benzene rings is 3. The first kappa shape index (κ1) is 22.3. The van der Waals surface area contributed by atoms with Gasteiger partial charge in [-0.25, -0.2) is 0 Å². The van der Waals surface area contributed by atoms with Crippen LogP contribution in [0.2, 0.25) is 5.02 Å². The zero-order valence-corrected chi connectivity index (χ0v) is 19.8. The van der Waals surface area contributed by atoms with Crippen LogP contribution in [0.3, 0.4) is 0 Å². The number of amides is 1. The van der Waals surface area contributed by atoms with Crippen LogP contribution in [0.4, 0.5) is 11.4 Å². The molecular weight excluding hydrogens is 536 g/mol. The van der Waals surface area contributed by atoms with Crippen LogP contribution in [0.15, 0.2) is 68.5 Å². The van der Waals surface area contributed by atoms with E-state index < -0.39 is 0 Å². The molecule has 154 valence electrons. The van der Waals surface area contributed by atoms with Crippen molar-refractivity contribution in [2.75, 3.05) is 11.9 Å². The third-order valence-corrected chi connectivity index (χ3v) is 6.40. The lowest BCUT2D eigenvalue weighted by Gasteiger charge is -2.11. The lowest BCUT2D eigenvalue weighted by Crippen LogP contribution is -2.12. The number of anilines is 1. The van der Waals surface area contributed by atoms with Crippen LogP contribution >= 0.6 is 43.5 Å². The molecule has 0 aliphatic rings. The van der Waals surface area contributed by atoms with E-state index in [1.54, 1.807) is 54.6 Å². The molecule has 3 rings (SSSR count). The Labute approximate surface area is 196 Å². The zero-order chi connectivity index (χ0) is 21.7. The molecule has 3 aromatic rings. The molecule has 0 saturated heterocycles. The minimum absolute atomic E-state index is 0.0150. The number of halogens is 3. The maximum atomic E-state index is 12.5. The van der Waals surface area contributed by atoms with Crippen LogP contribution in [-0.2, 0) is 0 Å². The molecule has 0 bridgehead atoms. The molecular formula is C22H17Br2ClN2O3. The van der Waals surface area contributed by atoms with E-state index in [2.05, 4.69) is 42.2 Å². The van der Waals surface area contributed by atoms with Crippen molar-refractivity contribution in [2.24, 2.45) is 4.99 Å². The second-order valence-corrected chi connectivity index (χ2v) is 8.16. The highest BCUT2D eigenvalue weighted by Crippen LogP contribution is 2.40. The molecule has 0 heterocycles. The molecule has 0 spiro atoms. The highest BCUT2D eigenvalue weighted by atomic mass is 79.9. The number of nitrogens with zero attached hydrogens (tertiary/aromatic N) is 1. The second kappa shape index (κ2) is 10.1. The molecule has 0 aromatic heterocycles. The van der Waals surface area contributed by atoms with E-state index in [-0.39, 0.29) is 11.7 Å². The summed E-state index contributed by atoms with van der Waals surface area (Å²) >= 11 is 13.0. The second-order valence-electron chi connectivity index (χ2n) is 6.11. The van der Waals surface area contributed by atoms with Gasteiger partial charge in [-0.15, -0.1) is 0 Å². The Morgan fingerprint density at radius 2 is 1.97 bits per heavy atom. The van der Waals surface area contributed by atoms with Crippen LogP contribution in [0.25, 0.3) is 0 Å². The molecule has 0 atom stereocenters. The first-order valence-corrected chi connectivity index (χ1v) is 10.9. The fraction of sp³-hybridized carbons (Fsp3) is 0.0909. The Kier molecular flexibility index (Phi) is 7.53. The maximum Gasteiger partial charge on any atom is 0.257 e. The Balaban J connectivity index is 1.85. The summed E-state index contributed by atoms with van der Waals surface area (Å²) in [5.41, 5.74) is 2.02. The zero-order valence-electron chi connectivity index (χ0n) is 15.8. The molecule has 0 radical (unpaired) electrons. The van der Waals surface area contributed by atoms with Gasteiger partial charge in [-0.05, 0) is 75.2 Å². The van der Waals surface area contributed by atoms with Crippen LogP contribution < -0.4 is 10.1 Å². The summed E-state index contributed by atoms with van der Waals surface area (Å²) < 4.78 is 6.84. The van der Waals surface area contributed by atoms with Crippen molar-refractivity contribution in [1.82, 2.24) is 0 Å². The standard InChI is InChI=1S/C22H17Br2ClN2O3/c1-2-30-19-11-17(23)20(24)16(21(19)28)12-26-13-6-5-7-14(10-13)27-22(29)15-8-3-4-9-18(15)25/h3-12,28H,2H2,1H3,(H,27,29). The topological polar surface area (TPSA) is 70.9 Å². The average Bonchev–Trinajstić information content (AvgIpc) is 2.72. The van der Waals surface area contributed by atoms with Gasteiger partial charge in [-0.1, -0.05) is 29.8 Å². The molecule has 0 aliphatic heterocycles. The summed E-state index contributed by atoms with van der Waals surface area (Å²) in [6.07, 6.45) is 1.53. The molecule has 0 aliphatic carbocycles. The van der Waals surface area contributed by atoms with Crippen LogP contribution in [-0.4, -0.2) is 23.8 Å². The minimum atomic E-state index is -0.310. The Hall–Kier alpha value is -2.35. The van der Waals surface area contributed by atoms with Gasteiger partial charge in [0.1, 0.15) is 0 Å². The first-order chi connectivity index (χ1) is 14.4. The fourth-order valence-corrected chi connectivity index (χ4v) is 3.69. The highest BCUT2D eigenvalue weighted by molar-refractivity contribution is 9.13. The number of rotatable bonds is 6. The summed E-state index contributed by atoms with van der Waals surface area (Å²) in [6.45, 7) is 2.26. The summed E-state index contributed by atoms with van der Waals surface area (Å²) in [5.74, 6) is 0.0316. The summed E-state index contributed by atoms with van der Waals surface area (Å²) in [5, 5.41) is 13.7. The number of aliphatic imine (C=N–C) groups is 1. The van der Waals surface area contributed by atoms with Gasteiger partial charge in [0.05, 0.1) is 28.4 Å². The van der Waals surface area contributed by atoms with Crippen molar-refractivity contribution < 1.29 is 14.6 Å². The monoisotopic (exact) mass is 550 g/mol. The number of ether oxygens (including phenoxy) is 1. The van der Waals surface area contributed by atoms with Crippen molar-refractivity contribution >= 4 is 67.0 Å². The lowest BCUT2D eigenvalue weighted by molar-refractivity contribution is 0.102. The van der Waals surface area contributed by atoms with Gasteiger partial charge in [0.2, 0.25) is 0 Å². The van der Waals surface area contributed by atoms with Crippen molar-refractivity contribution in [3.63, 3.8) is 0 Å². The highest BCUT2D eigenvalue weighted by Gasteiger charge is 2.15. The third kappa shape index (κ3) is 5.22. The summed E-state index contributed by atoms with van der Waals surface area (Å²) in [4.78, 5) is 16.9. The van der Waals surface area contributed by atoms with Crippen molar-refractivity contribution in [2.45, 2.75) is 6.92 Å². The number of nitrogens with one attached hydrogen (secondary N) is 1. The maximum absolute atomic E-state index is 12.5. The van der Waals surface area contributed by atoms with Gasteiger partial charge in [0.15, 0.2) is 11.5 Å². The fourth-order valence-electron chi connectivity index (χ4n) is 2.64. The predicted molar refractivity (Wildman–Crippen MR) is 128 cm³/mol. The number of carbonyl (C=O) groups is 1. The van der Waals surface area contributed by atoms with Gasteiger partial charge < -0.3 is 15.2 Å². The van der Waals surface area contributed by atoms with Crippen molar-refractivity contribution in [3.8, 4) is 11.5 Å². The van der Waals surface area contributed by atoms with Gasteiger partial charge >= 0.3 is 0 Å². The van der Waals surface area contributed by atoms with E-state index in [0.29, 0.717) is 44.4 Å². The van der Waals surface area contributed by atoms with Crippen LogP contribution in [0.1, 0.15) is 22.8 Å². The summed E-state index contributed by atoms with van der Waals surface area (Å²) in [7, 11) is 0. The van der Waals surface area contributed by atoms with E-state index in [1.165, 1.54) is 6.21 Å². The molecule has 5 nitrogen and oxygen atoms in total. The van der Waals surface area contributed by atoms with Crippen LogP contribution in [0.5, 0.6) is 11.5 Å². The molecule has 2 N–H and O–H groups in total. The third-order valence-electron chi connectivity index (χ3n) is 4.06. The lowest BCUT2D eigenvalue weighted by atomic mass is 10.2. The van der Waals surface area contributed by atoms with E-state index in [1.807, 2.05) is 6.92 Å². The van der Waals surface area contributed by atoms with E-state index in [4.69, 9.17) is 16.3 Å². The van der Waals surface area contributed by atoms with Crippen molar-refractivity contribution in [3.05, 3.63) is 79.7 Å². The quantitative estimate of drug-likeness (QED) is 0.325. The Bertz CT molecular complexity index is 1120. The number of aromatic hydroxyl groups is 1. The van der Waals surface area contributed by atoms with E-state index in [9.17, 15) is 9.90 Å². The SMILES string of the molecule is CCOc1cc(Br)c(Br)c(C=Nc2cccc(NC(=O)c3ccccc3Cl)c2)c1O. The van der Waals surface area contributed by atoms with Gasteiger partial charge in [-0.3, -0.25) is 9.79 Å². The number of carbonyl (C=O) groups excluding carboxylic acids is 1. The Morgan fingerprint density at radius 1 is 1.20 bits per heavy atom. The Morgan fingerprint density at radius 3 is 2.70 bits per heavy atom. The molecule has 0 fully saturated rings. The van der Waals surface area contributed by atoms with E-state index >= 15 is 0 Å². The van der Waals surface area contributed by atoms with Crippen molar-refractivity contribution in [1.29, 1.82) is 0 Å². The minimum Gasteiger partial charge on any atom is -0.504 e. The molecule has 8 heteroatoms. The molecule has 0 unspecified atom stereocenters. The molecule has 3 aromatic carbocycles. The predicted octanol–water partition coefficient (Wildman–Crippen LogP) is 6.97. The van der Waals surface area contributed by atoms with Gasteiger partial charge in [0, 0.05) is 20.8 Å². The van der Waals surface area contributed by atoms with Crippen LogP contribution in [0, 0.1) is 0 Å².